The number of aryl methyl sites for hydroxylation is 1. The van der Waals surface area contributed by atoms with Crippen LogP contribution < -0.4 is 5.32 Å². The highest BCUT2D eigenvalue weighted by Gasteiger charge is 2.22. The zero-order valence-electron chi connectivity index (χ0n) is 10.9. The van der Waals surface area contributed by atoms with Gasteiger partial charge in [-0.05, 0) is 46.3 Å². The average Bonchev–Trinajstić information content (AvgIpc) is 2.74. The van der Waals surface area contributed by atoms with Gasteiger partial charge in [-0.3, -0.25) is 4.90 Å². The van der Waals surface area contributed by atoms with Crippen molar-refractivity contribution in [1.29, 1.82) is 0 Å². The van der Waals surface area contributed by atoms with Gasteiger partial charge in [0.1, 0.15) is 0 Å². The first kappa shape index (κ1) is 12.6. The second-order valence-corrected chi connectivity index (χ2v) is 4.95. The van der Waals surface area contributed by atoms with E-state index >= 15 is 0 Å². The molecular weight excluding hydrogens is 214 g/mol. The minimum atomic E-state index is 0.696. The van der Waals surface area contributed by atoms with Gasteiger partial charge in [-0.2, -0.15) is 0 Å². The summed E-state index contributed by atoms with van der Waals surface area (Å²) < 4.78 is 5.31. The first-order valence-electron chi connectivity index (χ1n) is 6.60. The van der Waals surface area contributed by atoms with Gasteiger partial charge in [0.2, 0.25) is 0 Å². The van der Waals surface area contributed by atoms with Crippen molar-refractivity contribution in [2.45, 2.75) is 45.2 Å². The van der Waals surface area contributed by atoms with E-state index in [-0.39, 0.29) is 0 Å². The molecule has 4 heteroatoms. The Kier molecular flexibility index (Phi) is 4.57. The van der Waals surface area contributed by atoms with Gasteiger partial charge >= 0.3 is 0 Å². The third-order valence-electron chi connectivity index (χ3n) is 3.51. The summed E-state index contributed by atoms with van der Waals surface area (Å²) in [5.74, 6) is 0.999. The number of hydrogen-bond acceptors (Lipinski definition) is 4. The zero-order chi connectivity index (χ0) is 12.1. The quantitative estimate of drug-likeness (QED) is 0.850. The molecule has 1 fully saturated rings. The predicted molar refractivity (Wildman–Crippen MR) is 67.8 cm³/mol. The lowest BCUT2D eigenvalue weighted by atomic mass is 9.99. The Morgan fingerprint density at radius 2 is 2.41 bits per heavy atom. The van der Waals surface area contributed by atoms with Gasteiger partial charge in [0.25, 0.3) is 0 Å². The molecule has 0 radical (unpaired) electrons. The van der Waals surface area contributed by atoms with Crippen LogP contribution in [-0.2, 0) is 6.54 Å². The van der Waals surface area contributed by atoms with E-state index < -0.39 is 0 Å². The molecule has 0 aliphatic carbocycles. The Morgan fingerprint density at radius 3 is 3.12 bits per heavy atom. The molecule has 1 aliphatic rings. The van der Waals surface area contributed by atoms with Crippen LogP contribution in [-0.4, -0.2) is 36.2 Å². The van der Waals surface area contributed by atoms with Crippen molar-refractivity contribution < 1.29 is 4.52 Å². The maximum Gasteiger partial charge on any atom is 0.150 e. The van der Waals surface area contributed by atoms with Crippen LogP contribution in [0.25, 0.3) is 0 Å². The van der Waals surface area contributed by atoms with Crippen molar-refractivity contribution in [3.63, 3.8) is 0 Å². The molecule has 2 heterocycles. The molecule has 96 valence electrons. The molecule has 1 saturated heterocycles. The van der Waals surface area contributed by atoms with E-state index in [4.69, 9.17) is 4.52 Å². The standard InChI is InChI=1S/C13H23N3O/c1-11-9-13(17-15-11)10-16-8-4-3-5-12(16)6-7-14-2/h9,12,14H,3-8,10H2,1-2H3. The highest BCUT2D eigenvalue weighted by Crippen LogP contribution is 2.21. The molecule has 1 aromatic heterocycles. The number of aromatic nitrogens is 1. The maximum absolute atomic E-state index is 5.31. The molecule has 1 aromatic rings. The lowest BCUT2D eigenvalue weighted by Crippen LogP contribution is -2.40. The minimum absolute atomic E-state index is 0.696. The Labute approximate surface area is 103 Å². The summed E-state index contributed by atoms with van der Waals surface area (Å²) in [6.45, 7) is 5.17. The van der Waals surface area contributed by atoms with Crippen LogP contribution in [0.2, 0.25) is 0 Å². The van der Waals surface area contributed by atoms with Gasteiger partial charge < -0.3 is 9.84 Å². The molecule has 17 heavy (non-hydrogen) atoms. The number of hydrogen-bond donors (Lipinski definition) is 1. The molecule has 4 nitrogen and oxygen atoms in total. The van der Waals surface area contributed by atoms with Crippen molar-refractivity contribution in [3.05, 3.63) is 17.5 Å². The zero-order valence-corrected chi connectivity index (χ0v) is 10.9. The monoisotopic (exact) mass is 237 g/mol. The summed E-state index contributed by atoms with van der Waals surface area (Å²) >= 11 is 0. The van der Waals surface area contributed by atoms with E-state index in [1.54, 1.807) is 0 Å². The van der Waals surface area contributed by atoms with Gasteiger partial charge in [0, 0.05) is 12.1 Å². The first-order chi connectivity index (χ1) is 8.29. The number of nitrogens with one attached hydrogen (secondary N) is 1. The van der Waals surface area contributed by atoms with Gasteiger partial charge in [0.15, 0.2) is 5.76 Å². The van der Waals surface area contributed by atoms with Crippen LogP contribution in [0.4, 0.5) is 0 Å². The number of rotatable bonds is 5. The van der Waals surface area contributed by atoms with Crippen molar-refractivity contribution in [2.75, 3.05) is 20.1 Å². The molecule has 1 atom stereocenters. The summed E-state index contributed by atoms with van der Waals surface area (Å²) in [7, 11) is 2.02. The average molecular weight is 237 g/mol. The fourth-order valence-electron chi connectivity index (χ4n) is 2.60. The van der Waals surface area contributed by atoms with Gasteiger partial charge in [-0.15, -0.1) is 0 Å². The van der Waals surface area contributed by atoms with Crippen molar-refractivity contribution in [2.24, 2.45) is 0 Å². The molecule has 1 N–H and O–H groups in total. The molecule has 0 saturated carbocycles. The number of piperidine rings is 1. The van der Waals surface area contributed by atoms with E-state index in [1.165, 1.54) is 32.2 Å². The van der Waals surface area contributed by atoms with Gasteiger partial charge in [-0.1, -0.05) is 11.6 Å². The molecule has 2 rings (SSSR count). The van der Waals surface area contributed by atoms with Crippen molar-refractivity contribution >= 4 is 0 Å². The number of likely N-dealkylation sites (tertiary alicyclic amines) is 1. The van der Waals surface area contributed by atoms with E-state index in [0.29, 0.717) is 6.04 Å². The summed E-state index contributed by atoms with van der Waals surface area (Å²) in [6, 6.07) is 2.74. The Hall–Kier alpha value is -0.870. The third kappa shape index (κ3) is 3.54. The second kappa shape index (κ2) is 6.17. The largest absolute Gasteiger partial charge is 0.360 e. The van der Waals surface area contributed by atoms with E-state index in [2.05, 4.69) is 15.4 Å². The third-order valence-corrected chi connectivity index (χ3v) is 3.51. The Bertz CT molecular complexity index is 337. The fraction of sp³-hybridized carbons (Fsp3) is 0.769. The highest BCUT2D eigenvalue weighted by molar-refractivity contribution is 5.03. The first-order valence-corrected chi connectivity index (χ1v) is 6.60. The molecule has 0 amide bonds. The van der Waals surface area contributed by atoms with E-state index in [0.717, 1.165) is 24.5 Å². The summed E-state index contributed by atoms with van der Waals surface area (Å²) in [6.07, 6.45) is 5.21. The fourth-order valence-corrected chi connectivity index (χ4v) is 2.60. The molecule has 1 unspecified atom stereocenters. The van der Waals surface area contributed by atoms with E-state index in [9.17, 15) is 0 Å². The molecule has 0 spiro atoms. The number of nitrogens with zero attached hydrogens (tertiary/aromatic N) is 2. The Balaban J connectivity index is 1.91. The lowest BCUT2D eigenvalue weighted by Gasteiger charge is -2.35. The maximum atomic E-state index is 5.31. The van der Waals surface area contributed by atoms with Crippen LogP contribution in [0.3, 0.4) is 0 Å². The topological polar surface area (TPSA) is 41.3 Å². The smallest absolute Gasteiger partial charge is 0.150 e. The van der Waals surface area contributed by atoms with Crippen LogP contribution in [0.1, 0.15) is 37.1 Å². The summed E-state index contributed by atoms with van der Waals surface area (Å²) in [4.78, 5) is 2.54. The van der Waals surface area contributed by atoms with Crippen molar-refractivity contribution in [3.8, 4) is 0 Å². The summed E-state index contributed by atoms with van der Waals surface area (Å²) in [5, 5.41) is 7.20. The lowest BCUT2D eigenvalue weighted by molar-refractivity contribution is 0.119. The normalized spacial score (nSPS) is 21.9. The van der Waals surface area contributed by atoms with Gasteiger partial charge in [-0.25, -0.2) is 0 Å². The Morgan fingerprint density at radius 1 is 1.53 bits per heavy atom. The second-order valence-electron chi connectivity index (χ2n) is 4.95. The molecular formula is C13H23N3O. The van der Waals surface area contributed by atoms with Crippen LogP contribution in [0, 0.1) is 6.92 Å². The molecule has 1 aliphatic heterocycles. The van der Waals surface area contributed by atoms with Crippen LogP contribution >= 0.6 is 0 Å². The highest BCUT2D eigenvalue weighted by atomic mass is 16.5. The molecule has 0 bridgehead atoms. The van der Waals surface area contributed by atoms with Crippen LogP contribution in [0.15, 0.2) is 10.6 Å². The SMILES string of the molecule is CNCCC1CCCCN1Cc1cc(C)no1. The van der Waals surface area contributed by atoms with Gasteiger partial charge in [0.05, 0.1) is 12.2 Å². The molecule has 0 aromatic carbocycles. The van der Waals surface area contributed by atoms with Crippen LogP contribution in [0.5, 0.6) is 0 Å². The predicted octanol–water partition coefficient (Wildman–Crippen LogP) is 1.95. The van der Waals surface area contributed by atoms with Crippen molar-refractivity contribution in [1.82, 2.24) is 15.4 Å². The minimum Gasteiger partial charge on any atom is -0.360 e. The van der Waals surface area contributed by atoms with E-state index in [1.807, 2.05) is 20.0 Å². The summed E-state index contributed by atoms with van der Waals surface area (Å²) in [5.41, 5.74) is 0.976.